The van der Waals surface area contributed by atoms with E-state index in [2.05, 4.69) is 10.3 Å². The van der Waals surface area contributed by atoms with Crippen LogP contribution in [-0.4, -0.2) is 29.6 Å². The van der Waals surface area contributed by atoms with Crippen molar-refractivity contribution in [1.29, 1.82) is 0 Å². The first-order valence-corrected chi connectivity index (χ1v) is 16.1. The van der Waals surface area contributed by atoms with Gasteiger partial charge >= 0.3 is 7.12 Å². The first kappa shape index (κ1) is 35.3. The molecule has 0 saturated carbocycles. The predicted molar refractivity (Wildman–Crippen MR) is 185 cm³/mol. The van der Waals surface area contributed by atoms with Crippen LogP contribution in [0, 0.1) is 19.7 Å². The van der Waals surface area contributed by atoms with Crippen molar-refractivity contribution in [3.05, 3.63) is 85.6 Å². The summed E-state index contributed by atoms with van der Waals surface area (Å²) in [5.41, 5.74) is 2.21. The summed E-state index contributed by atoms with van der Waals surface area (Å²) in [6.07, 6.45) is 0.587. The van der Waals surface area contributed by atoms with Gasteiger partial charge in [-0.05, 0) is 78.3 Å². The molecular formula is C36H43BClFN2O5. The second-order valence-electron chi connectivity index (χ2n) is 12.8. The van der Waals surface area contributed by atoms with Crippen LogP contribution in [0.2, 0.25) is 5.15 Å². The average molecular weight is 649 g/mol. The molecule has 244 valence electrons. The number of anilines is 1. The molecule has 10 heteroatoms. The molecule has 2 aromatic carbocycles. The van der Waals surface area contributed by atoms with Crippen LogP contribution in [0.15, 0.2) is 45.6 Å². The Morgan fingerprint density at radius 3 is 2.22 bits per heavy atom. The third kappa shape index (κ3) is 6.37. The van der Waals surface area contributed by atoms with Crippen molar-refractivity contribution >= 4 is 47.1 Å². The largest absolute Gasteiger partial charge is 0.498 e. The van der Waals surface area contributed by atoms with Crippen LogP contribution >= 0.6 is 11.6 Å². The zero-order valence-corrected chi connectivity index (χ0v) is 29.3. The molecule has 7 nitrogen and oxygen atoms in total. The molecule has 1 unspecified atom stereocenters. The Morgan fingerprint density at radius 1 is 1.00 bits per heavy atom. The average Bonchev–Trinajstić information content (AvgIpc) is 3.21. The molecule has 1 N–H and O–H groups in total. The highest BCUT2D eigenvalue weighted by Crippen LogP contribution is 2.39. The number of hydrogen-bond acceptors (Lipinski definition) is 7. The minimum Gasteiger partial charge on any atom is -0.460 e. The number of nitrogens with zero attached hydrogens (tertiary/aromatic N) is 1. The van der Waals surface area contributed by atoms with E-state index in [-0.39, 0.29) is 44.8 Å². The van der Waals surface area contributed by atoms with Gasteiger partial charge in [0.05, 0.1) is 34.0 Å². The van der Waals surface area contributed by atoms with Crippen LogP contribution in [0.4, 0.5) is 10.1 Å². The van der Waals surface area contributed by atoms with Crippen LogP contribution < -0.4 is 16.2 Å². The van der Waals surface area contributed by atoms with Gasteiger partial charge in [-0.25, -0.2) is 9.37 Å². The van der Waals surface area contributed by atoms with Crippen molar-refractivity contribution in [1.82, 2.24) is 4.98 Å². The predicted octanol–water partition coefficient (Wildman–Crippen LogP) is 8.70. The maximum absolute atomic E-state index is 16.5. The van der Waals surface area contributed by atoms with Gasteiger partial charge in [-0.1, -0.05) is 51.4 Å². The van der Waals surface area contributed by atoms with Gasteiger partial charge in [0.2, 0.25) is 0 Å². The van der Waals surface area contributed by atoms with Gasteiger partial charge in [0.1, 0.15) is 28.6 Å². The van der Waals surface area contributed by atoms with E-state index >= 15 is 4.39 Å². The summed E-state index contributed by atoms with van der Waals surface area (Å²) in [5.74, 6) is -0.0316. The number of carbonyl (C=O) groups excluding carboxylic acids is 1. The van der Waals surface area contributed by atoms with E-state index in [1.165, 1.54) is 12.1 Å². The second kappa shape index (κ2) is 13.3. The third-order valence-corrected chi connectivity index (χ3v) is 8.95. The lowest BCUT2D eigenvalue weighted by molar-refractivity contribution is 0.00578. The van der Waals surface area contributed by atoms with Crippen LogP contribution in [0.25, 0.3) is 22.2 Å². The topological polar surface area (TPSA) is 90.7 Å². The van der Waals surface area contributed by atoms with Crippen LogP contribution in [-0.2, 0) is 9.31 Å². The van der Waals surface area contributed by atoms with E-state index in [1.807, 2.05) is 81.4 Å². The zero-order chi connectivity index (χ0) is 34.3. The van der Waals surface area contributed by atoms with Gasteiger partial charge in [-0.2, -0.15) is 0 Å². The van der Waals surface area contributed by atoms with E-state index in [9.17, 15) is 9.59 Å². The number of fused-ring (bicyclic) bond motifs is 1. The summed E-state index contributed by atoms with van der Waals surface area (Å²) in [4.78, 5) is 29.8. The van der Waals surface area contributed by atoms with Crippen LogP contribution in [0.5, 0.6) is 0 Å². The Balaban J connectivity index is 0.00000235. The summed E-state index contributed by atoms with van der Waals surface area (Å²) < 4.78 is 35.1. The minimum absolute atomic E-state index is 0.0000351. The molecule has 2 aromatic heterocycles. The Kier molecular flexibility index (Phi) is 10.2. The van der Waals surface area contributed by atoms with Gasteiger partial charge in [0.25, 0.3) is 0 Å². The first-order valence-electron chi connectivity index (χ1n) is 15.7. The first-order chi connectivity index (χ1) is 21.6. The van der Waals surface area contributed by atoms with Gasteiger partial charge in [0, 0.05) is 33.6 Å². The smallest absolute Gasteiger partial charge is 0.460 e. The van der Waals surface area contributed by atoms with E-state index in [0.29, 0.717) is 34.3 Å². The maximum atomic E-state index is 16.5. The molecule has 0 aliphatic carbocycles. The number of pyridine rings is 1. The number of benzene rings is 2. The zero-order valence-electron chi connectivity index (χ0n) is 28.5. The van der Waals surface area contributed by atoms with Crippen molar-refractivity contribution < 1.29 is 22.9 Å². The molecule has 3 heterocycles. The Labute approximate surface area is 276 Å². The molecule has 0 amide bonds. The lowest BCUT2D eigenvalue weighted by Gasteiger charge is -2.32. The second-order valence-corrected chi connectivity index (χ2v) is 13.2. The lowest BCUT2D eigenvalue weighted by atomic mass is 9.74. The van der Waals surface area contributed by atoms with Gasteiger partial charge < -0.3 is 19.0 Å². The van der Waals surface area contributed by atoms with Crippen LogP contribution in [0.3, 0.4) is 0 Å². The quantitative estimate of drug-likeness (QED) is 0.122. The monoisotopic (exact) mass is 648 g/mol. The minimum atomic E-state index is -1.10. The van der Waals surface area contributed by atoms with Crippen molar-refractivity contribution in [3.63, 3.8) is 0 Å². The highest BCUT2D eigenvalue weighted by molar-refractivity contribution is 6.63. The lowest BCUT2D eigenvalue weighted by Crippen LogP contribution is -2.41. The fourth-order valence-corrected chi connectivity index (χ4v) is 5.77. The van der Waals surface area contributed by atoms with Gasteiger partial charge in [-0.15, -0.1) is 0 Å². The molecule has 1 fully saturated rings. The molecule has 0 bridgehead atoms. The third-order valence-electron chi connectivity index (χ3n) is 8.74. The molecule has 0 spiro atoms. The maximum Gasteiger partial charge on any atom is 0.498 e. The number of carbonyl (C=O) groups is 1. The number of hydrogen-bond donors (Lipinski definition) is 1. The normalized spacial score (nSPS) is 15.9. The van der Waals surface area contributed by atoms with E-state index in [1.54, 1.807) is 19.1 Å². The summed E-state index contributed by atoms with van der Waals surface area (Å²) in [6.45, 7) is 21.1. The standard InChI is InChI=1S/C34H37BClFN2O5.C2H6/c1-17(2)31-19(4)30(41)24-15-18(3)14-23(32(24)42-31)20(5)38-25-12-13-26(36)39-29(25)22-11-10-21(16-40)27(28(22)37)35-43-33(6,7)34(8,9)44-35;1-2/h10-17,20,38H,1-9H3;1-2H3. The summed E-state index contributed by atoms with van der Waals surface area (Å²) in [5, 5.41) is 4.12. The molecule has 5 rings (SSSR count). The van der Waals surface area contributed by atoms with E-state index < -0.39 is 24.1 Å². The molecule has 46 heavy (non-hydrogen) atoms. The van der Waals surface area contributed by atoms with Crippen molar-refractivity contribution in [2.24, 2.45) is 0 Å². The number of aromatic nitrogens is 1. The molecule has 0 radical (unpaired) electrons. The summed E-state index contributed by atoms with van der Waals surface area (Å²) in [7, 11) is -1.10. The highest BCUT2D eigenvalue weighted by Gasteiger charge is 2.53. The number of aryl methyl sites for hydroxylation is 1. The number of nitrogens with one attached hydrogen (secondary N) is 1. The van der Waals surface area contributed by atoms with E-state index in [0.717, 1.165) is 11.1 Å². The fraction of sp³-hybridized carbons (Fsp3) is 0.417. The Hall–Kier alpha value is -3.53. The molecule has 1 aliphatic rings. The molecule has 1 atom stereocenters. The van der Waals surface area contributed by atoms with Crippen LogP contribution in [0.1, 0.15) is 107 Å². The number of halogens is 2. The van der Waals surface area contributed by atoms with Crippen molar-refractivity contribution in [2.45, 2.75) is 99.3 Å². The molecular weight excluding hydrogens is 606 g/mol. The molecule has 1 saturated heterocycles. The van der Waals surface area contributed by atoms with Crippen molar-refractivity contribution in [2.75, 3.05) is 5.32 Å². The fourth-order valence-electron chi connectivity index (χ4n) is 5.62. The summed E-state index contributed by atoms with van der Waals surface area (Å²) >= 11 is 6.33. The molecule has 1 aliphatic heterocycles. The molecule has 4 aromatic rings. The van der Waals surface area contributed by atoms with Gasteiger partial charge in [-0.3, -0.25) is 9.59 Å². The summed E-state index contributed by atoms with van der Waals surface area (Å²) in [6, 6.07) is 9.79. The van der Waals surface area contributed by atoms with Crippen molar-refractivity contribution in [3.8, 4) is 11.3 Å². The Bertz CT molecular complexity index is 1840. The SMILES string of the molecule is CC.Cc1cc(C(C)Nc2ccc(Cl)nc2-c2ccc(C=O)c(B3OC(C)(C)C(C)(C)O3)c2F)c2oc(C(C)C)c(C)c(=O)c2c1. The highest BCUT2D eigenvalue weighted by atomic mass is 35.5. The number of rotatable bonds is 7. The van der Waals surface area contributed by atoms with E-state index in [4.69, 9.17) is 25.3 Å². The Morgan fingerprint density at radius 2 is 1.63 bits per heavy atom. The number of aldehydes is 1. The van der Waals surface area contributed by atoms with Gasteiger partial charge in [0.15, 0.2) is 5.43 Å².